The monoisotopic (exact) mass is 324 g/mol. The van der Waals surface area contributed by atoms with Crippen LogP contribution in [0.3, 0.4) is 0 Å². The summed E-state index contributed by atoms with van der Waals surface area (Å²) in [6, 6.07) is 13.7. The molecule has 1 fully saturated rings. The quantitative estimate of drug-likeness (QED) is 0.782. The molecule has 0 radical (unpaired) electrons. The van der Waals surface area contributed by atoms with Crippen LogP contribution in [0.5, 0.6) is 0 Å². The van der Waals surface area contributed by atoms with Gasteiger partial charge < -0.3 is 10.2 Å². The van der Waals surface area contributed by atoms with Gasteiger partial charge in [0.05, 0.1) is 12.1 Å². The lowest BCUT2D eigenvalue weighted by atomic mass is 10.1. The zero-order valence-electron chi connectivity index (χ0n) is 14.2. The maximum Gasteiger partial charge on any atom is 0.0673 e. The molecule has 3 heteroatoms. The standard InChI is InChI=1S/C20H25N2P/c1-14-8-7-9-15(2)20(14)21-18-11-12-22(16(18)3)17(4)19-10-5-6-13-23-19/h5-10,13,17-18,21H,3,11-12H2,1-2,4H3/t17-,18?/m0/s1. The number of likely N-dealkylation sites (tertiary alicyclic amines) is 1. The maximum absolute atomic E-state index is 4.39. The molecule has 1 aliphatic rings. The Bertz CT molecular complexity index is 676. The highest BCUT2D eigenvalue weighted by atomic mass is 31.0. The lowest BCUT2D eigenvalue weighted by molar-refractivity contribution is 0.314. The van der Waals surface area contributed by atoms with Crippen molar-refractivity contribution >= 4 is 13.9 Å². The van der Waals surface area contributed by atoms with E-state index in [1.807, 2.05) is 0 Å². The lowest BCUT2D eigenvalue weighted by Gasteiger charge is -2.29. The van der Waals surface area contributed by atoms with Gasteiger partial charge in [-0.3, -0.25) is 0 Å². The average molecular weight is 324 g/mol. The Morgan fingerprint density at radius 3 is 2.57 bits per heavy atom. The van der Waals surface area contributed by atoms with E-state index in [4.69, 9.17) is 0 Å². The van der Waals surface area contributed by atoms with Crippen molar-refractivity contribution in [3.63, 3.8) is 0 Å². The third-order valence-corrected chi connectivity index (χ3v) is 5.95. The molecule has 0 aliphatic carbocycles. The van der Waals surface area contributed by atoms with Crippen LogP contribution in [0.25, 0.3) is 0 Å². The molecule has 0 saturated carbocycles. The number of nitrogens with one attached hydrogen (secondary N) is 1. The first kappa shape index (κ1) is 16.1. The molecule has 2 heterocycles. The molecule has 0 spiro atoms. The second-order valence-electron chi connectivity index (χ2n) is 6.37. The number of nitrogens with zero attached hydrogens (tertiary/aromatic N) is 1. The molecular weight excluding hydrogens is 299 g/mol. The maximum atomic E-state index is 4.39. The third-order valence-electron chi connectivity index (χ3n) is 4.81. The number of hydrogen-bond donors (Lipinski definition) is 1. The lowest BCUT2D eigenvalue weighted by Crippen LogP contribution is -2.25. The second-order valence-corrected chi connectivity index (χ2v) is 7.44. The highest BCUT2D eigenvalue weighted by Crippen LogP contribution is 2.35. The molecule has 0 amide bonds. The molecule has 2 aromatic rings. The van der Waals surface area contributed by atoms with Crippen molar-refractivity contribution in [2.24, 2.45) is 0 Å². The molecule has 1 N–H and O–H groups in total. The van der Waals surface area contributed by atoms with Gasteiger partial charge in [-0.2, -0.15) is 0 Å². The molecule has 3 rings (SSSR count). The van der Waals surface area contributed by atoms with Crippen molar-refractivity contribution in [3.8, 4) is 0 Å². The van der Waals surface area contributed by atoms with E-state index in [9.17, 15) is 0 Å². The van der Waals surface area contributed by atoms with Gasteiger partial charge in [-0.25, -0.2) is 0 Å². The van der Waals surface area contributed by atoms with Gasteiger partial charge in [0.15, 0.2) is 0 Å². The van der Waals surface area contributed by atoms with Gasteiger partial charge >= 0.3 is 0 Å². The van der Waals surface area contributed by atoms with Crippen LogP contribution in [-0.2, 0) is 0 Å². The molecule has 1 aromatic carbocycles. The first-order valence-corrected chi connectivity index (χ1v) is 9.23. The average Bonchev–Trinajstić information content (AvgIpc) is 2.92. The fourth-order valence-corrected chi connectivity index (χ4v) is 4.26. The smallest absolute Gasteiger partial charge is 0.0673 e. The van der Waals surface area contributed by atoms with E-state index < -0.39 is 0 Å². The van der Waals surface area contributed by atoms with E-state index in [0.29, 0.717) is 12.1 Å². The van der Waals surface area contributed by atoms with E-state index in [-0.39, 0.29) is 0 Å². The van der Waals surface area contributed by atoms with Crippen LogP contribution in [0.15, 0.2) is 54.5 Å². The SMILES string of the molecule is C=C1C(Nc2c(C)cccc2C)CCN1[C@@H](C)c1ccccp1. The van der Waals surface area contributed by atoms with Gasteiger partial charge in [0.1, 0.15) is 0 Å². The number of hydrogen-bond acceptors (Lipinski definition) is 2. The Kier molecular flexibility index (Phi) is 4.73. The molecule has 1 saturated heterocycles. The van der Waals surface area contributed by atoms with Gasteiger partial charge in [-0.15, -0.1) is 0 Å². The fraction of sp³-hybridized carbons (Fsp3) is 0.350. The topological polar surface area (TPSA) is 15.3 Å². The minimum atomic E-state index is 0.331. The van der Waals surface area contributed by atoms with Crippen LogP contribution in [0.4, 0.5) is 5.69 Å². The Hall–Kier alpha value is -1.79. The molecule has 2 atom stereocenters. The van der Waals surface area contributed by atoms with E-state index in [1.165, 1.54) is 36.0 Å². The second kappa shape index (κ2) is 6.76. The van der Waals surface area contributed by atoms with Crippen molar-refractivity contribution in [1.29, 1.82) is 0 Å². The minimum Gasteiger partial charge on any atom is -0.376 e. The highest BCUT2D eigenvalue weighted by molar-refractivity contribution is 7.30. The van der Waals surface area contributed by atoms with Crippen LogP contribution >= 0.6 is 8.19 Å². The molecule has 0 bridgehead atoms. The summed E-state index contributed by atoms with van der Waals surface area (Å²) in [7, 11) is 1.31. The van der Waals surface area contributed by atoms with Gasteiger partial charge in [-0.1, -0.05) is 51.2 Å². The van der Waals surface area contributed by atoms with Gasteiger partial charge in [0.25, 0.3) is 0 Å². The number of rotatable bonds is 4. The molecule has 2 nitrogen and oxygen atoms in total. The minimum absolute atomic E-state index is 0.331. The predicted octanol–water partition coefficient (Wildman–Crippen LogP) is 5.64. The molecule has 120 valence electrons. The van der Waals surface area contributed by atoms with Gasteiger partial charge in [0.2, 0.25) is 0 Å². The van der Waals surface area contributed by atoms with E-state index in [0.717, 1.165) is 13.0 Å². The Labute approximate surface area is 141 Å². The summed E-state index contributed by atoms with van der Waals surface area (Å²) < 4.78 is 0. The number of anilines is 1. The third kappa shape index (κ3) is 3.28. The highest BCUT2D eigenvalue weighted by Gasteiger charge is 2.30. The molecule has 1 aromatic heterocycles. The van der Waals surface area contributed by atoms with Crippen LogP contribution < -0.4 is 5.32 Å². The summed E-state index contributed by atoms with van der Waals surface area (Å²) in [6.45, 7) is 12.1. The zero-order valence-corrected chi connectivity index (χ0v) is 15.1. The summed E-state index contributed by atoms with van der Waals surface area (Å²) in [5.74, 6) is 2.21. The Morgan fingerprint density at radius 2 is 1.91 bits per heavy atom. The number of aryl methyl sites for hydroxylation is 2. The van der Waals surface area contributed by atoms with Crippen molar-refractivity contribution in [2.75, 3.05) is 11.9 Å². The van der Waals surface area contributed by atoms with Crippen LogP contribution in [-0.4, -0.2) is 17.5 Å². The molecular formula is C20H25N2P. The van der Waals surface area contributed by atoms with Crippen molar-refractivity contribution in [1.82, 2.24) is 4.90 Å². The van der Waals surface area contributed by atoms with Crippen LogP contribution in [0, 0.1) is 13.8 Å². The van der Waals surface area contributed by atoms with Crippen LogP contribution in [0.2, 0.25) is 0 Å². The predicted molar refractivity (Wildman–Crippen MR) is 101 cm³/mol. The van der Waals surface area contributed by atoms with Gasteiger partial charge in [0, 0.05) is 23.2 Å². The van der Waals surface area contributed by atoms with Crippen molar-refractivity contribution in [3.05, 3.63) is 70.9 Å². The largest absolute Gasteiger partial charge is 0.376 e. The summed E-state index contributed by atoms with van der Waals surface area (Å²) >= 11 is 0. The zero-order chi connectivity index (χ0) is 16.4. The van der Waals surface area contributed by atoms with E-state index >= 15 is 0 Å². The normalized spacial score (nSPS) is 19.3. The van der Waals surface area contributed by atoms with Crippen molar-refractivity contribution < 1.29 is 0 Å². The first-order valence-electron chi connectivity index (χ1n) is 8.27. The summed E-state index contributed by atoms with van der Waals surface area (Å²) in [4.78, 5) is 2.46. The summed E-state index contributed by atoms with van der Waals surface area (Å²) in [5, 5.41) is 5.18. The Balaban J connectivity index is 1.74. The van der Waals surface area contributed by atoms with E-state index in [1.54, 1.807) is 0 Å². The molecule has 1 unspecified atom stereocenters. The number of para-hydroxylation sites is 1. The Morgan fingerprint density at radius 1 is 1.17 bits per heavy atom. The number of benzene rings is 1. The first-order chi connectivity index (χ1) is 11.1. The summed E-state index contributed by atoms with van der Waals surface area (Å²) in [5.41, 5.74) is 5.08. The fourth-order valence-electron chi connectivity index (χ4n) is 3.38. The summed E-state index contributed by atoms with van der Waals surface area (Å²) in [6.07, 6.45) is 1.11. The van der Waals surface area contributed by atoms with Gasteiger partial charge in [-0.05, 0) is 44.1 Å². The molecule has 23 heavy (non-hydrogen) atoms. The van der Waals surface area contributed by atoms with E-state index in [2.05, 4.69) is 79.8 Å². The molecule has 1 aliphatic heterocycles. The van der Waals surface area contributed by atoms with Crippen molar-refractivity contribution in [2.45, 2.75) is 39.3 Å². The van der Waals surface area contributed by atoms with Crippen LogP contribution in [0.1, 0.15) is 35.8 Å².